The molecular formula is C26H27N3O4. The molecule has 4 aromatic rings. The Labute approximate surface area is 192 Å². The van der Waals surface area contributed by atoms with Crippen molar-refractivity contribution >= 4 is 27.7 Å². The molecule has 1 N–H and O–H groups in total. The van der Waals surface area contributed by atoms with Gasteiger partial charge in [-0.3, -0.25) is 9.88 Å². The number of fused-ring (bicyclic) bond motifs is 3. The number of hydrogen-bond donors (Lipinski definition) is 1. The molecule has 1 saturated heterocycles. The summed E-state index contributed by atoms with van der Waals surface area (Å²) in [5.74, 6) is 0.152. The molecule has 1 aliphatic heterocycles. The number of nitrogens with zero attached hydrogens (tertiary/aromatic N) is 3. The predicted octanol–water partition coefficient (Wildman–Crippen LogP) is 4.12. The number of rotatable bonds is 4. The highest BCUT2D eigenvalue weighted by Crippen LogP contribution is 2.47. The topological polar surface area (TPSA) is 79.0 Å². The molecule has 33 heavy (non-hydrogen) atoms. The van der Waals surface area contributed by atoms with Crippen molar-refractivity contribution in [3.05, 3.63) is 71.2 Å². The third-order valence-electron chi connectivity index (χ3n) is 6.62. The molecule has 170 valence electrons. The molecule has 3 heterocycles. The van der Waals surface area contributed by atoms with Gasteiger partial charge in [-0.05, 0) is 31.7 Å². The molecule has 1 atom stereocenters. The van der Waals surface area contributed by atoms with Gasteiger partial charge in [-0.2, -0.15) is 0 Å². The SMILES string of the molecule is COC(=O)c1c(C)oc2c1c(C(c1ccncc1)N1CCN(C)CC1)c(O)c1ccccc12. The second-order valence-corrected chi connectivity index (χ2v) is 8.56. The Hall–Kier alpha value is -3.42. The summed E-state index contributed by atoms with van der Waals surface area (Å²) in [6.45, 7) is 5.23. The van der Waals surface area contributed by atoms with Crippen molar-refractivity contribution in [3.63, 3.8) is 0 Å². The first-order valence-corrected chi connectivity index (χ1v) is 11.1. The first-order chi connectivity index (χ1) is 16.0. The number of phenols is 1. The Morgan fingerprint density at radius 3 is 2.42 bits per heavy atom. The highest BCUT2D eigenvalue weighted by Gasteiger charge is 2.34. The van der Waals surface area contributed by atoms with E-state index in [4.69, 9.17) is 9.15 Å². The van der Waals surface area contributed by atoms with Crippen LogP contribution in [0.2, 0.25) is 0 Å². The lowest BCUT2D eigenvalue weighted by atomic mass is 9.89. The summed E-state index contributed by atoms with van der Waals surface area (Å²) >= 11 is 0. The van der Waals surface area contributed by atoms with Gasteiger partial charge in [-0.25, -0.2) is 4.79 Å². The number of likely N-dealkylation sites (N-methyl/N-ethyl adjacent to an activating group) is 1. The molecule has 0 saturated carbocycles. The molecule has 7 nitrogen and oxygen atoms in total. The van der Waals surface area contributed by atoms with Gasteiger partial charge in [0.15, 0.2) is 0 Å². The number of esters is 1. The van der Waals surface area contributed by atoms with E-state index in [0.717, 1.165) is 37.1 Å². The second-order valence-electron chi connectivity index (χ2n) is 8.56. The summed E-state index contributed by atoms with van der Waals surface area (Å²) < 4.78 is 11.3. The summed E-state index contributed by atoms with van der Waals surface area (Å²) in [6.07, 6.45) is 3.52. The van der Waals surface area contributed by atoms with Crippen LogP contribution < -0.4 is 0 Å². The highest BCUT2D eigenvalue weighted by molar-refractivity contribution is 6.16. The fourth-order valence-corrected chi connectivity index (χ4v) is 4.94. The Morgan fingerprint density at radius 2 is 1.76 bits per heavy atom. The minimum Gasteiger partial charge on any atom is -0.507 e. The average molecular weight is 446 g/mol. The van der Waals surface area contributed by atoms with Crippen molar-refractivity contribution in [2.24, 2.45) is 0 Å². The van der Waals surface area contributed by atoms with Gasteiger partial charge in [0.25, 0.3) is 0 Å². The molecule has 1 aliphatic rings. The van der Waals surface area contributed by atoms with E-state index in [2.05, 4.69) is 21.8 Å². The maximum Gasteiger partial charge on any atom is 0.342 e. The molecule has 0 bridgehead atoms. The molecule has 2 aromatic carbocycles. The van der Waals surface area contributed by atoms with Crippen LogP contribution in [0.3, 0.4) is 0 Å². The summed E-state index contributed by atoms with van der Waals surface area (Å²) in [5.41, 5.74) is 2.61. The number of hydrogen-bond acceptors (Lipinski definition) is 7. The van der Waals surface area contributed by atoms with E-state index in [-0.39, 0.29) is 11.8 Å². The maximum atomic E-state index is 12.9. The standard InChI is InChI=1S/C26H27N3O4/c1-16-20(26(31)32-3)21-22(24(30)18-6-4-5-7-19(18)25(21)33-16)23(17-8-10-27-11-9-17)29-14-12-28(2)13-15-29/h4-11,23,30H,12-15H2,1-3H3. The second kappa shape index (κ2) is 8.50. The number of pyridine rings is 1. The third kappa shape index (κ3) is 3.53. The Kier molecular flexibility index (Phi) is 5.52. The third-order valence-corrected chi connectivity index (χ3v) is 6.62. The van der Waals surface area contributed by atoms with Gasteiger partial charge >= 0.3 is 5.97 Å². The molecular weight excluding hydrogens is 418 g/mol. The Balaban J connectivity index is 1.88. The summed E-state index contributed by atoms with van der Waals surface area (Å²) in [7, 11) is 3.47. The normalized spacial score (nSPS) is 16.3. The minimum absolute atomic E-state index is 0.157. The minimum atomic E-state index is -0.478. The number of benzene rings is 2. The van der Waals surface area contributed by atoms with Crippen molar-refractivity contribution in [2.45, 2.75) is 13.0 Å². The lowest BCUT2D eigenvalue weighted by molar-refractivity contribution is 0.0600. The van der Waals surface area contributed by atoms with Gasteiger partial charge in [-0.1, -0.05) is 24.3 Å². The van der Waals surface area contributed by atoms with Crippen molar-refractivity contribution in [3.8, 4) is 5.75 Å². The summed E-state index contributed by atoms with van der Waals surface area (Å²) in [5, 5.41) is 13.8. The number of aromatic hydroxyl groups is 1. The van der Waals surface area contributed by atoms with Crippen LogP contribution in [0.25, 0.3) is 21.7 Å². The van der Waals surface area contributed by atoms with Crippen LogP contribution in [0.15, 0.2) is 53.2 Å². The van der Waals surface area contributed by atoms with Gasteiger partial charge in [0.05, 0.1) is 13.2 Å². The van der Waals surface area contributed by atoms with Crippen molar-refractivity contribution in [1.82, 2.24) is 14.8 Å². The van der Waals surface area contributed by atoms with Crippen LogP contribution in [-0.2, 0) is 4.74 Å². The zero-order valence-electron chi connectivity index (χ0n) is 19.0. The number of phenolic OH excluding ortho intramolecular Hbond substituents is 1. The predicted molar refractivity (Wildman–Crippen MR) is 127 cm³/mol. The van der Waals surface area contributed by atoms with E-state index >= 15 is 0 Å². The molecule has 0 spiro atoms. The fourth-order valence-electron chi connectivity index (χ4n) is 4.94. The molecule has 2 aromatic heterocycles. The number of aryl methyl sites for hydroxylation is 1. The van der Waals surface area contributed by atoms with E-state index in [1.54, 1.807) is 19.3 Å². The Bertz CT molecular complexity index is 1320. The van der Waals surface area contributed by atoms with Crippen molar-refractivity contribution in [1.29, 1.82) is 0 Å². The molecule has 0 radical (unpaired) electrons. The lowest BCUT2D eigenvalue weighted by Crippen LogP contribution is -2.46. The molecule has 0 amide bonds. The number of carbonyl (C=O) groups is 1. The molecule has 1 unspecified atom stereocenters. The zero-order chi connectivity index (χ0) is 23.1. The van der Waals surface area contributed by atoms with E-state index in [1.807, 2.05) is 36.4 Å². The largest absolute Gasteiger partial charge is 0.507 e. The number of furan rings is 1. The summed E-state index contributed by atoms with van der Waals surface area (Å²) in [4.78, 5) is 21.7. The van der Waals surface area contributed by atoms with Gasteiger partial charge in [0.2, 0.25) is 0 Å². The van der Waals surface area contributed by atoms with Gasteiger partial charge in [0, 0.05) is 60.3 Å². The zero-order valence-corrected chi connectivity index (χ0v) is 19.0. The van der Waals surface area contributed by atoms with Gasteiger partial charge < -0.3 is 19.2 Å². The van der Waals surface area contributed by atoms with Crippen LogP contribution >= 0.6 is 0 Å². The molecule has 0 aliphatic carbocycles. The van der Waals surface area contributed by atoms with Crippen LogP contribution in [-0.4, -0.2) is 66.2 Å². The van der Waals surface area contributed by atoms with Crippen LogP contribution in [0.4, 0.5) is 0 Å². The number of aromatic nitrogens is 1. The highest BCUT2D eigenvalue weighted by atomic mass is 16.5. The van der Waals surface area contributed by atoms with Crippen molar-refractivity contribution in [2.75, 3.05) is 40.3 Å². The van der Waals surface area contributed by atoms with Crippen LogP contribution in [0.5, 0.6) is 5.75 Å². The molecule has 5 rings (SSSR count). The molecule has 7 heteroatoms. The number of methoxy groups -OCH3 is 1. The fraction of sp³-hybridized carbons (Fsp3) is 0.308. The van der Waals surface area contributed by atoms with E-state index in [1.165, 1.54) is 7.11 Å². The quantitative estimate of drug-likeness (QED) is 0.474. The van der Waals surface area contributed by atoms with Gasteiger partial charge in [-0.15, -0.1) is 0 Å². The molecule has 1 fully saturated rings. The maximum absolute atomic E-state index is 12.9. The Morgan fingerprint density at radius 1 is 1.09 bits per heavy atom. The number of ether oxygens (including phenoxy) is 1. The van der Waals surface area contributed by atoms with Crippen molar-refractivity contribution < 1.29 is 19.1 Å². The number of carbonyl (C=O) groups excluding carboxylic acids is 1. The van der Waals surface area contributed by atoms with E-state index < -0.39 is 5.97 Å². The summed E-state index contributed by atoms with van der Waals surface area (Å²) in [6, 6.07) is 11.2. The average Bonchev–Trinajstić information content (AvgIpc) is 3.19. The number of piperazine rings is 1. The monoisotopic (exact) mass is 445 g/mol. The van der Waals surface area contributed by atoms with E-state index in [0.29, 0.717) is 33.2 Å². The first kappa shape index (κ1) is 21.4. The van der Waals surface area contributed by atoms with Crippen LogP contribution in [0.1, 0.15) is 33.3 Å². The smallest absolute Gasteiger partial charge is 0.342 e. The van der Waals surface area contributed by atoms with Gasteiger partial charge in [0.1, 0.15) is 22.7 Å². The lowest BCUT2D eigenvalue weighted by Gasteiger charge is -2.39. The first-order valence-electron chi connectivity index (χ1n) is 11.1. The van der Waals surface area contributed by atoms with E-state index in [9.17, 15) is 9.90 Å². The van der Waals surface area contributed by atoms with Crippen LogP contribution in [0, 0.1) is 6.92 Å².